The van der Waals surface area contributed by atoms with Crippen molar-refractivity contribution in [3.8, 4) is 0 Å². The average molecular weight is 443 g/mol. The molecule has 4 rings (SSSR count). The fourth-order valence-electron chi connectivity index (χ4n) is 4.38. The standard InChI is InChI=1S/C23H34N6O3/c1-7-15(2)27-13-16-20(22(27)32)28(14-19(30)26-10-8-25(6)9-11-26)18-12-17(23(3,4)5)24-29(18)21(16)31/h12,15H,7-11,13-14H2,1-6H3. The van der Waals surface area contributed by atoms with Crippen LogP contribution in [-0.4, -0.2) is 80.0 Å². The number of hydrogen-bond acceptors (Lipinski definition) is 5. The molecule has 1 fully saturated rings. The van der Waals surface area contributed by atoms with Crippen LogP contribution >= 0.6 is 0 Å². The van der Waals surface area contributed by atoms with Crippen LogP contribution in [-0.2, 0) is 23.3 Å². The first kappa shape index (κ1) is 22.5. The van der Waals surface area contributed by atoms with Crippen LogP contribution in [0, 0.1) is 0 Å². The van der Waals surface area contributed by atoms with Crippen molar-refractivity contribution in [2.75, 3.05) is 33.2 Å². The molecule has 1 saturated heterocycles. The Morgan fingerprint density at radius 2 is 1.81 bits per heavy atom. The Morgan fingerprint density at radius 3 is 2.41 bits per heavy atom. The second-order valence-electron chi connectivity index (χ2n) is 10.1. The molecule has 2 aliphatic rings. The molecule has 0 N–H and O–H groups in total. The maximum atomic E-state index is 13.4. The molecule has 9 heteroatoms. The van der Waals surface area contributed by atoms with Crippen LogP contribution in [0.25, 0.3) is 5.65 Å². The van der Waals surface area contributed by atoms with Gasteiger partial charge in [0.15, 0.2) is 0 Å². The summed E-state index contributed by atoms with van der Waals surface area (Å²) in [5, 5.41) is 4.59. The molecule has 32 heavy (non-hydrogen) atoms. The zero-order chi connectivity index (χ0) is 23.4. The molecule has 2 aromatic heterocycles. The molecule has 1 unspecified atom stereocenters. The van der Waals surface area contributed by atoms with Gasteiger partial charge in [-0.05, 0) is 20.4 Å². The maximum Gasteiger partial charge on any atom is 0.280 e. The van der Waals surface area contributed by atoms with Crippen LogP contribution in [0.2, 0.25) is 0 Å². The van der Waals surface area contributed by atoms with E-state index in [4.69, 9.17) is 0 Å². The van der Waals surface area contributed by atoms with Crippen LogP contribution in [0.3, 0.4) is 0 Å². The summed E-state index contributed by atoms with van der Waals surface area (Å²) in [7, 11) is 2.04. The summed E-state index contributed by atoms with van der Waals surface area (Å²) in [6, 6.07) is 1.85. The number of aromatic nitrogens is 3. The molecule has 2 amide bonds. The van der Waals surface area contributed by atoms with E-state index in [1.807, 2.05) is 52.6 Å². The molecule has 1 atom stereocenters. The van der Waals surface area contributed by atoms with Gasteiger partial charge in [0.25, 0.3) is 11.5 Å². The molecule has 0 aliphatic carbocycles. The summed E-state index contributed by atoms with van der Waals surface area (Å²) in [5.41, 5.74) is 1.48. The Labute approximate surface area is 188 Å². The molecule has 0 radical (unpaired) electrons. The van der Waals surface area contributed by atoms with Crippen LogP contribution in [0.1, 0.15) is 62.8 Å². The smallest absolute Gasteiger partial charge is 0.280 e. The molecule has 4 heterocycles. The van der Waals surface area contributed by atoms with Crippen LogP contribution < -0.4 is 5.56 Å². The Morgan fingerprint density at radius 1 is 1.16 bits per heavy atom. The van der Waals surface area contributed by atoms with Gasteiger partial charge in [-0.3, -0.25) is 14.4 Å². The lowest BCUT2D eigenvalue weighted by Gasteiger charge is -2.32. The van der Waals surface area contributed by atoms with E-state index in [0.29, 0.717) is 30.0 Å². The molecule has 0 spiro atoms. The van der Waals surface area contributed by atoms with Crippen molar-refractivity contribution >= 4 is 17.5 Å². The van der Waals surface area contributed by atoms with E-state index in [1.165, 1.54) is 4.52 Å². The van der Waals surface area contributed by atoms with Gasteiger partial charge in [-0.25, -0.2) is 0 Å². The highest BCUT2D eigenvalue weighted by atomic mass is 16.2. The summed E-state index contributed by atoms with van der Waals surface area (Å²) in [5.74, 6) is -0.224. The number of carbonyl (C=O) groups is 2. The van der Waals surface area contributed by atoms with E-state index < -0.39 is 0 Å². The lowest BCUT2D eigenvalue weighted by molar-refractivity contribution is -0.133. The molecule has 0 aromatic carbocycles. The molecule has 0 saturated carbocycles. The first-order valence-electron chi connectivity index (χ1n) is 11.5. The normalized spacial score (nSPS) is 18.5. The molecule has 2 aromatic rings. The van der Waals surface area contributed by atoms with Crippen molar-refractivity contribution in [1.82, 2.24) is 28.9 Å². The minimum Gasteiger partial charge on any atom is -0.339 e. The number of nitrogens with zero attached hydrogens (tertiary/aromatic N) is 6. The highest BCUT2D eigenvalue weighted by molar-refractivity contribution is 5.98. The second-order valence-corrected chi connectivity index (χ2v) is 10.1. The predicted molar refractivity (Wildman–Crippen MR) is 122 cm³/mol. The van der Waals surface area contributed by atoms with E-state index in [0.717, 1.165) is 25.2 Å². The average Bonchev–Trinajstić information content (AvgIpc) is 3.34. The molecule has 9 nitrogen and oxygen atoms in total. The van der Waals surface area contributed by atoms with Gasteiger partial charge in [-0.1, -0.05) is 27.7 Å². The van der Waals surface area contributed by atoms with Crippen molar-refractivity contribution in [1.29, 1.82) is 0 Å². The first-order chi connectivity index (χ1) is 15.0. The summed E-state index contributed by atoms with van der Waals surface area (Å²) >= 11 is 0. The second kappa shape index (κ2) is 8.03. The molecule has 2 aliphatic heterocycles. The van der Waals surface area contributed by atoms with Crippen LogP contribution in [0.15, 0.2) is 10.9 Å². The van der Waals surface area contributed by atoms with Gasteiger partial charge in [-0.15, -0.1) is 0 Å². The van der Waals surface area contributed by atoms with Crippen LogP contribution in [0.4, 0.5) is 0 Å². The van der Waals surface area contributed by atoms with Gasteiger partial charge in [0.2, 0.25) is 5.91 Å². The van der Waals surface area contributed by atoms with E-state index in [1.54, 1.807) is 9.47 Å². The minimum absolute atomic E-state index is 0.00791. The number of piperazine rings is 1. The van der Waals surface area contributed by atoms with E-state index >= 15 is 0 Å². The third-order valence-corrected chi connectivity index (χ3v) is 6.81. The Bertz CT molecular complexity index is 1120. The fraction of sp³-hybridized carbons (Fsp3) is 0.652. The number of rotatable bonds is 4. The molecule has 0 bridgehead atoms. The van der Waals surface area contributed by atoms with Crippen molar-refractivity contribution in [3.05, 3.63) is 33.4 Å². The lowest BCUT2D eigenvalue weighted by atomic mass is 9.93. The van der Waals surface area contributed by atoms with E-state index in [9.17, 15) is 14.4 Å². The zero-order valence-electron chi connectivity index (χ0n) is 20.0. The van der Waals surface area contributed by atoms with Gasteiger partial charge >= 0.3 is 0 Å². The quantitative estimate of drug-likeness (QED) is 0.713. The fourth-order valence-corrected chi connectivity index (χ4v) is 4.38. The summed E-state index contributed by atoms with van der Waals surface area (Å²) in [4.78, 5) is 45.8. The SMILES string of the molecule is CCC(C)N1Cc2c(n(CC(=O)N3CCN(C)CC3)c3cc(C(C)(C)C)nn3c2=O)C1=O. The van der Waals surface area contributed by atoms with Gasteiger partial charge in [0.05, 0.1) is 17.8 Å². The third kappa shape index (κ3) is 3.72. The summed E-state index contributed by atoms with van der Waals surface area (Å²) < 4.78 is 3.11. The Kier molecular flexibility index (Phi) is 5.65. The van der Waals surface area contributed by atoms with Gasteiger partial charge in [-0.2, -0.15) is 9.61 Å². The largest absolute Gasteiger partial charge is 0.339 e. The minimum atomic E-state index is -0.270. The van der Waals surface area contributed by atoms with E-state index in [-0.39, 0.29) is 41.9 Å². The number of hydrogen-bond donors (Lipinski definition) is 0. The molecule has 174 valence electrons. The number of carbonyl (C=O) groups excluding carboxylic acids is 2. The van der Waals surface area contributed by atoms with Gasteiger partial charge in [0, 0.05) is 43.7 Å². The van der Waals surface area contributed by atoms with Crippen molar-refractivity contribution < 1.29 is 9.59 Å². The maximum absolute atomic E-state index is 13.4. The highest BCUT2D eigenvalue weighted by Gasteiger charge is 2.37. The molecular formula is C23H34N6O3. The zero-order valence-corrected chi connectivity index (χ0v) is 20.0. The predicted octanol–water partition coefficient (Wildman–Crippen LogP) is 1.32. The Balaban J connectivity index is 1.84. The summed E-state index contributed by atoms with van der Waals surface area (Å²) in [6.07, 6.45) is 0.791. The first-order valence-corrected chi connectivity index (χ1v) is 11.5. The monoisotopic (exact) mass is 442 g/mol. The number of fused-ring (bicyclic) bond motifs is 2. The topological polar surface area (TPSA) is 83.2 Å². The number of amides is 2. The summed E-state index contributed by atoms with van der Waals surface area (Å²) in [6.45, 7) is 13.3. The number of likely N-dealkylation sites (N-methyl/N-ethyl adjacent to an activating group) is 1. The third-order valence-electron chi connectivity index (χ3n) is 6.81. The highest BCUT2D eigenvalue weighted by Crippen LogP contribution is 2.27. The molecular weight excluding hydrogens is 408 g/mol. The van der Waals surface area contributed by atoms with Crippen molar-refractivity contribution in [2.24, 2.45) is 0 Å². The van der Waals surface area contributed by atoms with Gasteiger partial charge < -0.3 is 19.3 Å². The van der Waals surface area contributed by atoms with E-state index in [2.05, 4.69) is 10.00 Å². The van der Waals surface area contributed by atoms with Crippen LogP contribution in [0.5, 0.6) is 0 Å². The van der Waals surface area contributed by atoms with Gasteiger partial charge in [0.1, 0.15) is 17.9 Å². The lowest BCUT2D eigenvalue weighted by Crippen LogP contribution is -2.48. The van der Waals surface area contributed by atoms with Crippen molar-refractivity contribution in [3.63, 3.8) is 0 Å². The Hall–Kier alpha value is -2.68. The van der Waals surface area contributed by atoms with Crippen molar-refractivity contribution in [2.45, 2.75) is 65.6 Å².